The molecule has 0 fully saturated rings. The molecule has 0 radical (unpaired) electrons. The number of benzene rings is 2. The zero-order chi connectivity index (χ0) is 24.5. The highest BCUT2D eigenvalue weighted by Gasteiger charge is 2.15. The molecule has 4 N–H and O–H groups in total. The minimum absolute atomic E-state index is 0.0546. The summed E-state index contributed by atoms with van der Waals surface area (Å²) in [6.45, 7) is 1.85. The van der Waals surface area contributed by atoms with Crippen molar-refractivity contribution in [2.24, 2.45) is 5.10 Å². The van der Waals surface area contributed by atoms with Crippen LogP contribution in [-0.4, -0.2) is 29.8 Å². The van der Waals surface area contributed by atoms with E-state index in [4.69, 9.17) is 16.0 Å². The third kappa shape index (κ3) is 7.31. The second-order valence-electron chi connectivity index (χ2n) is 6.97. The molecular formula is C23H20ClN5O5. The van der Waals surface area contributed by atoms with Crippen LogP contribution in [0.4, 0.5) is 11.4 Å². The van der Waals surface area contributed by atoms with E-state index in [2.05, 4.69) is 26.5 Å². The number of amides is 4. The van der Waals surface area contributed by atoms with E-state index in [0.29, 0.717) is 22.2 Å². The number of carbonyl (C=O) groups excluding carboxylic acids is 4. The molecule has 1 heterocycles. The maximum Gasteiger partial charge on any atom is 0.329 e. The summed E-state index contributed by atoms with van der Waals surface area (Å²) in [5, 5.41) is 11.4. The Kier molecular flexibility index (Phi) is 8.14. The standard InChI is InChI=1S/C23H20ClN5O5/c1-14-5-7-16(8-6-14)27-22(32)23(33)29-26-13-19-10-9-18(34-19)12-25-20(30)21(31)28-17-4-2-3-15(24)11-17/h2-11,13H,12H2,1H3,(H,25,30)(H,27,32)(H,28,31)(H,29,33)/b26-13+. The summed E-state index contributed by atoms with van der Waals surface area (Å²) in [5.74, 6) is -2.96. The molecule has 0 aliphatic carbocycles. The number of hydrogen-bond acceptors (Lipinski definition) is 6. The molecular weight excluding hydrogens is 462 g/mol. The van der Waals surface area contributed by atoms with Crippen LogP contribution in [0.3, 0.4) is 0 Å². The van der Waals surface area contributed by atoms with E-state index in [1.807, 2.05) is 6.92 Å². The number of halogens is 1. The zero-order valence-electron chi connectivity index (χ0n) is 17.9. The first kappa shape index (κ1) is 24.2. The molecule has 3 aromatic rings. The monoisotopic (exact) mass is 481 g/mol. The first-order valence-electron chi connectivity index (χ1n) is 9.94. The topological polar surface area (TPSA) is 142 Å². The van der Waals surface area contributed by atoms with E-state index >= 15 is 0 Å². The smallest absolute Gasteiger partial charge is 0.329 e. The molecule has 0 atom stereocenters. The maximum absolute atomic E-state index is 12.0. The van der Waals surface area contributed by atoms with Crippen LogP contribution >= 0.6 is 11.6 Å². The number of hydrogen-bond donors (Lipinski definition) is 4. The molecule has 0 spiro atoms. The van der Waals surface area contributed by atoms with Gasteiger partial charge in [0.05, 0.1) is 12.8 Å². The van der Waals surface area contributed by atoms with E-state index in [9.17, 15) is 19.2 Å². The second-order valence-corrected chi connectivity index (χ2v) is 7.41. The van der Waals surface area contributed by atoms with Gasteiger partial charge in [0.25, 0.3) is 0 Å². The van der Waals surface area contributed by atoms with Crippen molar-refractivity contribution in [2.75, 3.05) is 10.6 Å². The van der Waals surface area contributed by atoms with E-state index in [-0.39, 0.29) is 12.3 Å². The van der Waals surface area contributed by atoms with Crippen molar-refractivity contribution in [3.05, 3.63) is 82.8 Å². The van der Waals surface area contributed by atoms with Crippen LogP contribution in [0, 0.1) is 6.92 Å². The molecule has 0 aliphatic rings. The minimum Gasteiger partial charge on any atom is -0.458 e. The Bertz CT molecular complexity index is 1240. The molecule has 0 unspecified atom stereocenters. The Morgan fingerprint density at radius 1 is 0.882 bits per heavy atom. The van der Waals surface area contributed by atoms with E-state index in [1.165, 1.54) is 18.3 Å². The molecule has 1 aromatic heterocycles. The summed E-state index contributed by atoms with van der Waals surface area (Å²) in [6.07, 6.45) is 1.19. The van der Waals surface area contributed by atoms with Crippen molar-refractivity contribution in [1.82, 2.24) is 10.7 Å². The third-order valence-corrected chi connectivity index (χ3v) is 4.50. The maximum atomic E-state index is 12.0. The number of nitrogens with zero attached hydrogens (tertiary/aromatic N) is 1. The number of carbonyl (C=O) groups is 4. The average molecular weight is 482 g/mol. The van der Waals surface area contributed by atoms with Gasteiger partial charge in [0.2, 0.25) is 0 Å². The van der Waals surface area contributed by atoms with Crippen molar-refractivity contribution in [1.29, 1.82) is 0 Å². The molecule has 0 bridgehead atoms. The van der Waals surface area contributed by atoms with Crippen molar-refractivity contribution >= 4 is 52.8 Å². The van der Waals surface area contributed by atoms with Gasteiger partial charge < -0.3 is 20.4 Å². The highest BCUT2D eigenvalue weighted by atomic mass is 35.5. The average Bonchev–Trinajstić information content (AvgIpc) is 3.26. The Labute approximate surface area is 199 Å². The summed E-state index contributed by atoms with van der Waals surface area (Å²) in [7, 11) is 0. The largest absolute Gasteiger partial charge is 0.458 e. The molecule has 2 aromatic carbocycles. The Morgan fingerprint density at radius 3 is 2.32 bits per heavy atom. The van der Waals surface area contributed by atoms with Gasteiger partial charge >= 0.3 is 23.6 Å². The molecule has 0 aliphatic heterocycles. The second kappa shape index (κ2) is 11.4. The summed E-state index contributed by atoms with van der Waals surface area (Å²) in [5.41, 5.74) is 3.98. The van der Waals surface area contributed by atoms with Crippen molar-refractivity contribution in [3.63, 3.8) is 0 Å². The molecule has 0 saturated carbocycles. The van der Waals surface area contributed by atoms with Crippen LogP contribution in [-0.2, 0) is 25.7 Å². The van der Waals surface area contributed by atoms with Gasteiger partial charge in [-0.3, -0.25) is 19.2 Å². The quantitative estimate of drug-likeness (QED) is 0.243. The fraction of sp³-hybridized carbons (Fsp3) is 0.0870. The zero-order valence-corrected chi connectivity index (χ0v) is 18.7. The predicted molar refractivity (Wildman–Crippen MR) is 126 cm³/mol. The van der Waals surface area contributed by atoms with Crippen LogP contribution in [0.25, 0.3) is 0 Å². The van der Waals surface area contributed by atoms with Gasteiger partial charge in [-0.2, -0.15) is 5.10 Å². The summed E-state index contributed by atoms with van der Waals surface area (Å²) in [4.78, 5) is 47.6. The van der Waals surface area contributed by atoms with Gasteiger partial charge in [-0.15, -0.1) is 0 Å². The Hall–Kier alpha value is -4.44. The third-order valence-electron chi connectivity index (χ3n) is 4.27. The summed E-state index contributed by atoms with van der Waals surface area (Å²) >= 11 is 5.84. The van der Waals surface area contributed by atoms with Crippen LogP contribution in [0.2, 0.25) is 5.02 Å². The van der Waals surface area contributed by atoms with Gasteiger partial charge in [-0.25, -0.2) is 5.43 Å². The summed E-state index contributed by atoms with van der Waals surface area (Å²) in [6, 6.07) is 16.4. The highest BCUT2D eigenvalue weighted by Crippen LogP contribution is 2.14. The van der Waals surface area contributed by atoms with E-state index in [1.54, 1.807) is 48.5 Å². The van der Waals surface area contributed by atoms with E-state index < -0.39 is 23.6 Å². The molecule has 11 heteroatoms. The van der Waals surface area contributed by atoms with Gasteiger partial charge in [0.1, 0.15) is 11.5 Å². The normalized spacial score (nSPS) is 10.5. The van der Waals surface area contributed by atoms with E-state index in [0.717, 1.165) is 5.56 Å². The van der Waals surface area contributed by atoms with Crippen LogP contribution in [0.15, 0.2) is 70.2 Å². The first-order valence-corrected chi connectivity index (χ1v) is 10.3. The van der Waals surface area contributed by atoms with Crippen LogP contribution in [0.1, 0.15) is 17.1 Å². The van der Waals surface area contributed by atoms with Crippen molar-refractivity contribution < 1.29 is 23.6 Å². The van der Waals surface area contributed by atoms with Gasteiger partial charge in [-0.05, 0) is 49.4 Å². The van der Waals surface area contributed by atoms with Gasteiger partial charge in [0.15, 0.2) is 0 Å². The summed E-state index contributed by atoms with van der Waals surface area (Å²) < 4.78 is 5.43. The molecule has 34 heavy (non-hydrogen) atoms. The number of rotatable bonds is 6. The van der Waals surface area contributed by atoms with Crippen molar-refractivity contribution in [3.8, 4) is 0 Å². The lowest BCUT2D eigenvalue weighted by Crippen LogP contribution is -2.34. The molecule has 4 amide bonds. The fourth-order valence-corrected chi connectivity index (χ4v) is 2.78. The number of furan rings is 1. The SMILES string of the molecule is Cc1ccc(NC(=O)C(=O)N/N=C/c2ccc(CNC(=O)C(=O)Nc3cccc(Cl)c3)o2)cc1. The number of anilines is 2. The van der Waals surface area contributed by atoms with Crippen LogP contribution in [0.5, 0.6) is 0 Å². The Balaban J connectivity index is 1.43. The molecule has 174 valence electrons. The number of aryl methyl sites for hydroxylation is 1. The highest BCUT2D eigenvalue weighted by molar-refractivity contribution is 6.40. The lowest BCUT2D eigenvalue weighted by atomic mass is 10.2. The minimum atomic E-state index is -0.957. The predicted octanol–water partition coefficient (Wildman–Crippen LogP) is 2.59. The number of nitrogens with one attached hydrogen (secondary N) is 4. The van der Waals surface area contributed by atoms with Crippen molar-refractivity contribution in [2.45, 2.75) is 13.5 Å². The molecule has 0 saturated heterocycles. The lowest BCUT2D eigenvalue weighted by molar-refractivity contribution is -0.136. The van der Waals surface area contributed by atoms with Gasteiger partial charge in [-0.1, -0.05) is 35.4 Å². The lowest BCUT2D eigenvalue weighted by Gasteiger charge is -2.05. The number of hydrazone groups is 1. The fourth-order valence-electron chi connectivity index (χ4n) is 2.59. The Morgan fingerprint density at radius 2 is 1.59 bits per heavy atom. The van der Waals surface area contributed by atoms with Crippen LogP contribution < -0.4 is 21.4 Å². The molecule has 3 rings (SSSR count). The molecule has 10 nitrogen and oxygen atoms in total. The van der Waals surface area contributed by atoms with Gasteiger partial charge in [0, 0.05) is 16.4 Å². The first-order chi connectivity index (χ1) is 16.3.